The van der Waals surface area contributed by atoms with Crippen LogP contribution in [0.15, 0.2) is 12.4 Å². The number of anilines is 1. The molecule has 1 aromatic heterocycles. The van der Waals surface area contributed by atoms with Gasteiger partial charge in [-0.25, -0.2) is 9.97 Å². The summed E-state index contributed by atoms with van der Waals surface area (Å²) in [7, 11) is 1.93. The number of hydrogen-bond donors (Lipinski definition) is 1. The van der Waals surface area contributed by atoms with Gasteiger partial charge in [-0.1, -0.05) is 0 Å². The molecule has 5 heteroatoms. The molecule has 4 nitrogen and oxygen atoms in total. The van der Waals surface area contributed by atoms with E-state index < -0.39 is 0 Å². The van der Waals surface area contributed by atoms with Crippen LogP contribution < -0.4 is 10.6 Å². The van der Waals surface area contributed by atoms with Crippen LogP contribution in [0.25, 0.3) is 0 Å². The molecule has 66 valence electrons. The van der Waals surface area contributed by atoms with E-state index in [1.54, 1.807) is 12.4 Å². The zero-order chi connectivity index (χ0) is 8.97. The highest BCUT2D eigenvalue weighted by molar-refractivity contribution is 14.1. The van der Waals surface area contributed by atoms with Gasteiger partial charge in [-0.05, 0) is 22.6 Å². The highest BCUT2D eigenvalue weighted by Crippen LogP contribution is 2.05. The third kappa shape index (κ3) is 2.56. The quantitative estimate of drug-likeness (QED) is 0.817. The van der Waals surface area contributed by atoms with Crippen molar-refractivity contribution in [2.24, 2.45) is 5.73 Å². The van der Waals surface area contributed by atoms with Crippen LogP contribution in [0.1, 0.15) is 0 Å². The minimum absolute atomic E-state index is 0.617. The largest absolute Gasteiger partial charge is 0.343 e. The molecule has 1 aromatic rings. The Balaban J connectivity index is 2.68. The van der Waals surface area contributed by atoms with Crippen molar-refractivity contribution in [2.75, 3.05) is 25.0 Å². The summed E-state index contributed by atoms with van der Waals surface area (Å²) in [6.45, 7) is 1.40. The van der Waals surface area contributed by atoms with Gasteiger partial charge in [0.05, 0.1) is 0 Å². The van der Waals surface area contributed by atoms with Gasteiger partial charge in [-0.15, -0.1) is 0 Å². The highest BCUT2D eigenvalue weighted by Gasteiger charge is 2.00. The Morgan fingerprint density at radius 2 is 2.08 bits per heavy atom. The molecule has 0 saturated carbocycles. The second-order valence-corrected chi connectivity index (χ2v) is 3.66. The average molecular weight is 278 g/mol. The van der Waals surface area contributed by atoms with Gasteiger partial charge in [0.2, 0.25) is 5.95 Å². The molecule has 12 heavy (non-hydrogen) atoms. The first-order valence-corrected chi connectivity index (χ1v) is 4.70. The molecule has 0 aliphatic carbocycles. The van der Waals surface area contributed by atoms with E-state index in [0.29, 0.717) is 6.54 Å². The van der Waals surface area contributed by atoms with E-state index in [-0.39, 0.29) is 0 Å². The lowest BCUT2D eigenvalue weighted by Gasteiger charge is -2.14. The van der Waals surface area contributed by atoms with E-state index in [0.717, 1.165) is 16.1 Å². The number of aromatic nitrogens is 2. The maximum atomic E-state index is 5.40. The topological polar surface area (TPSA) is 55.0 Å². The first kappa shape index (κ1) is 9.66. The summed E-state index contributed by atoms with van der Waals surface area (Å²) in [5.74, 6) is 0.723. The second kappa shape index (κ2) is 4.56. The fraction of sp³-hybridized carbons (Fsp3) is 0.429. The molecule has 2 N–H and O–H groups in total. The number of hydrogen-bond acceptors (Lipinski definition) is 4. The molecular weight excluding hydrogens is 267 g/mol. The summed E-state index contributed by atoms with van der Waals surface area (Å²) in [4.78, 5) is 10.2. The lowest BCUT2D eigenvalue weighted by molar-refractivity contribution is 0.844. The molecule has 0 aliphatic rings. The lowest BCUT2D eigenvalue weighted by Crippen LogP contribution is -2.26. The van der Waals surface area contributed by atoms with E-state index in [1.807, 2.05) is 11.9 Å². The molecule has 0 spiro atoms. The summed E-state index contributed by atoms with van der Waals surface area (Å²) < 4.78 is 1.04. The first-order valence-electron chi connectivity index (χ1n) is 3.63. The molecule has 0 radical (unpaired) electrons. The van der Waals surface area contributed by atoms with Gasteiger partial charge in [0.1, 0.15) is 0 Å². The Hall–Kier alpha value is -0.430. The molecule has 0 unspecified atom stereocenters. The van der Waals surface area contributed by atoms with Crippen LogP contribution >= 0.6 is 22.6 Å². The lowest BCUT2D eigenvalue weighted by atomic mass is 10.5. The maximum absolute atomic E-state index is 5.40. The number of nitrogens with two attached hydrogens (primary N) is 1. The van der Waals surface area contributed by atoms with Crippen molar-refractivity contribution >= 4 is 28.5 Å². The Morgan fingerprint density at radius 3 is 2.58 bits per heavy atom. The summed E-state index contributed by atoms with van der Waals surface area (Å²) in [6, 6.07) is 0. The van der Waals surface area contributed by atoms with Crippen molar-refractivity contribution in [1.29, 1.82) is 0 Å². The van der Waals surface area contributed by atoms with Gasteiger partial charge < -0.3 is 10.6 Å². The van der Waals surface area contributed by atoms with Crippen molar-refractivity contribution in [3.8, 4) is 0 Å². The highest BCUT2D eigenvalue weighted by atomic mass is 127. The van der Waals surface area contributed by atoms with Crippen LogP contribution in [0.3, 0.4) is 0 Å². The van der Waals surface area contributed by atoms with Gasteiger partial charge in [-0.3, -0.25) is 0 Å². The third-order valence-corrected chi connectivity index (χ3v) is 1.97. The zero-order valence-corrected chi connectivity index (χ0v) is 9.02. The van der Waals surface area contributed by atoms with Gasteiger partial charge in [-0.2, -0.15) is 0 Å². The van der Waals surface area contributed by atoms with Crippen molar-refractivity contribution in [3.63, 3.8) is 0 Å². The van der Waals surface area contributed by atoms with Crippen molar-refractivity contribution in [2.45, 2.75) is 0 Å². The standard InChI is InChI=1S/C7H11IN4/c1-12(3-2-9)7-10-4-6(8)5-11-7/h4-5H,2-3,9H2,1H3. The second-order valence-electron chi connectivity index (χ2n) is 2.41. The van der Waals surface area contributed by atoms with Gasteiger partial charge in [0.15, 0.2) is 0 Å². The molecular formula is C7H11IN4. The smallest absolute Gasteiger partial charge is 0.225 e. The Kier molecular flexibility index (Phi) is 3.67. The molecule has 0 aliphatic heterocycles. The predicted molar refractivity (Wildman–Crippen MR) is 57.1 cm³/mol. The number of halogens is 1. The number of nitrogens with zero attached hydrogens (tertiary/aromatic N) is 3. The van der Waals surface area contributed by atoms with Crippen LogP contribution in [0.5, 0.6) is 0 Å². The van der Waals surface area contributed by atoms with Gasteiger partial charge >= 0.3 is 0 Å². The third-order valence-electron chi connectivity index (χ3n) is 1.41. The molecule has 1 heterocycles. The minimum atomic E-state index is 0.617. The molecule has 0 fully saturated rings. The summed E-state index contributed by atoms with van der Waals surface area (Å²) in [6.07, 6.45) is 3.58. The Labute approximate surface area is 85.3 Å². The van der Waals surface area contributed by atoms with Gasteiger partial charge in [0.25, 0.3) is 0 Å². The Morgan fingerprint density at radius 1 is 1.50 bits per heavy atom. The molecule has 1 rings (SSSR count). The molecule has 0 aromatic carbocycles. The van der Waals surface area contributed by atoms with Crippen LogP contribution in [0, 0.1) is 3.57 Å². The summed E-state index contributed by atoms with van der Waals surface area (Å²) in [5.41, 5.74) is 5.40. The maximum Gasteiger partial charge on any atom is 0.225 e. The van der Waals surface area contributed by atoms with Crippen LogP contribution in [-0.2, 0) is 0 Å². The van der Waals surface area contributed by atoms with E-state index in [9.17, 15) is 0 Å². The minimum Gasteiger partial charge on any atom is -0.343 e. The zero-order valence-electron chi connectivity index (χ0n) is 6.87. The Bertz CT molecular complexity index is 236. The predicted octanol–water partition coefficient (Wildman–Crippen LogP) is 0.476. The van der Waals surface area contributed by atoms with Crippen LogP contribution in [0.4, 0.5) is 5.95 Å². The molecule has 0 bridgehead atoms. The van der Waals surface area contributed by atoms with Crippen molar-refractivity contribution < 1.29 is 0 Å². The first-order chi connectivity index (χ1) is 5.74. The van der Waals surface area contributed by atoms with Crippen molar-refractivity contribution in [1.82, 2.24) is 9.97 Å². The molecule has 0 atom stereocenters. The fourth-order valence-electron chi connectivity index (χ4n) is 0.796. The fourth-order valence-corrected chi connectivity index (χ4v) is 1.07. The van der Waals surface area contributed by atoms with E-state index in [2.05, 4.69) is 32.6 Å². The number of rotatable bonds is 3. The van der Waals surface area contributed by atoms with Crippen LogP contribution in [-0.4, -0.2) is 30.1 Å². The van der Waals surface area contributed by atoms with E-state index in [4.69, 9.17) is 5.73 Å². The van der Waals surface area contributed by atoms with Crippen LogP contribution in [0.2, 0.25) is 0 Å². The number of likely N-dealkylation sites (N-methyl/N-ethyl adjacent to an activating group) is 1. The monoisotopic (exact) mass is 278 g/mol. The van der Waals surface area contributed by atoms with E-state index >= 15 is 0 Å². The van der Waals surface area contributed by atoms with E-state index in [1.165, 1.54) is 0 Å². The average Bonchev–Trinajstić information content (AvgIpc) is 2.06. The SMILES string of the molecule is CN(CCN)c1ncc(I)cn1. The summed E-state index contributed by atoms with van der Waals surface area (Å²) >= 11 is 2.17. The summed E-state index contributed by atoms with van der Waals surface area (Å²) in [5, 5.41) is 0. The molecule has 0 amide bonds. The molecule has 0 saturated heterocycles. The van der Waals surface area contributed by atoms with Crippen molar-refractivity contribution in [3.05, 3.63) is 16.0 Å². The normalized spacial score (nSPS) is 9.92. The van der Waals surface area contributed by atoms with Gasteiger partial charge in [0, 0.05) is 36.1 Å².